The largest absolute Gasteiger partial charge is 0.479 e. The molecule has 0 aliphatic rings. The van der Waals surface area contributed by atoms with E-state index in [4.69, 9.17) is 10.8 Å². The zero-order chi connectivity index (χ0) is 13.2. The van der Waals surface area contributed by atoms with Crippen LogP contribution in [-0.2, 0) is 4.79 Å². The predicted octanol–water partition coefficient (Wildman–Crippen LogP) is 1.35. The molecule has 0 bridgehead atoms. The van der Waals surface area contributed by atoms with Gasteiger partial charge in [-0.2, -0.15) is 0 Å². The minimum Gasteiger partial charge on any atom is -0.479 e. The number of Topliss-reactive ketones (excluding diaryl/α,β-unsaturated/α-hetero) is 1. The molecule has 0 spiro atoms. The highest BCUT2D eigenvalue weighted by molar-refractivity contribution is 9.10. The van der Waals surface area contributed by atoms with Gasteiger partial charge in [0, 0.05) is 11.3 Å². The van der Waals surface area contributed by atoms with Gasteiger partial charge in [-0.25, -0.2) is 4.79 Å². The van der Waals surface area contributed by atoms with Crippen LogP contribution < -0.4 is 5.73 Å². The highest BCUT2D eigenvalue weighted by atomic mass is 79.9. The summed E-state index contributed by atoms with van der Waals surface area (Å²) in [6.45, 7) is 1.67. The quantitative estimate of drug-likeness (QED) is 0.443. The number of nitrogen functional groups attached to an aromatic ring is 1. The second-order valence-electron chi connectivity index (χ2n) is 3.57. The van der Waals surface area contributed by atoms with E-state index in [0.29, 0.717) is 5.56 Å². The summed E-state index contributed by atoms with van der Waals surface area (Å²) < 4.78 is 0. The standard InChI is InChI=1S/C11H12BrNO4/c1-5(12)9(14)7-3-2-6(4-8(7)13)10(15)11(16)17/h2-5,10,15H,13H2,1H3,(H,16,17). The number of carboxylic acid groups (broad SMARTS) is 1. The molecule has 1 aromatic rings. The lowest BCUT2D eigenvalue weighted by Crippen LogP contribution is -2.15. The first-order valence-corrected chi connectivity index (χ1v) is 5.74. The molecule has 0 radical (unpaired) electrons. The number of carboxylic acids is 1. The Morgan fingerprint density at radius 2 is 2.00 bits per heavy atom. The van der Waals surface area contributed by atoms with Gasteiger partial charge in [-0.3, -0.25) is 4.79 Å². The highest BCUT2D eigenvalue weighted by Gasteiger charge is 2.19. The molecule has 6 heteroatoms. The Hall–Kier alpha value is -1.40. The van der Waals surface area contributed by atoms with Crippen LogP contribution in [-0.4, -0.2) is 26.8 Å². The lowest BCUT2D eigenvalue weighted by molar-refractivity contribution is -0.146. The Morgan fingerprint density at radius 1 is 1.41 bits per heavy atom. The van der Waals surface area contributed by atoms with Crippen LogP contribution in [0.15, 0.2) is 18.2 Å². The second kappa shape index (κ2) is 5.29. The van der Waals surface area contributed by atoms with Crippen LogP contribution in [0.4, 0.5) is 5.69 Å². The summed E-state index contributed by atoms with van der Waals surface area (Å²) in [6, 6.07) is 4.08. The molecule has 0 fully saturated rings. The van der Waals surface area contributed by atoms with Crippen molar-refractivity contribution < 1.29 is 19.8 Å². The van der Waals surface area contributed by atoms with Crippen LogP contribution in [0, 0.1) is 0 Å². The van der Waals surface area contributed by atoms with Gasteiger partial charge in [0.2, 0.25) is 0 Å². The minimum absolute atomic E-state index is 0.147. The van der Waals surface area contributed by atoms with Crippen molar-refractivity contribution in [1.82, 2.24) is 0 Å². The zero-order valence-electron chi connectivity index (χ0n) is 9.05. The monoisotopic (exact) mass is 301 g/mol. The molecule has 0 aliphatic heterocycles. The molecular formula is C11H12BrNO4. The van der Waals surface area contributed by atoms with Crippen molar-refractivity contribution in [2.24, 2.45) is 0 Å². The molecule has 2 unspecified atom stereocenters. The summed E-state index contributed by atoms with van der Waals surface area (Å²) in [4.78, 5) is 21.9. The molecular weight excluding hydrogens is 290 g/mol. The highest BCUT2D eigenvalue weighted by Crippen LogP contribution is 2.22. The molecule has 0 saturated heterocycles. The number of anilines is 1. The van der Waals surface area contributed by atoms with Crippen molar-refractivity contribution in [1.29, 1.82) is 0 Å². The van der Waals surface area contributed by atoms with Crippen LogP contribution in [0.3, 0.4) is 0 Å². The molecule has 4 N–H and O–H groups in total. The number of aliphatic hydroxyl groups is 1. The molecule has 92 valence electrons. The van der Waals surface area contributed by atoms with Crippen LogP contribution in [0.2, 0.25) is 0 Å². The van der Waals surface area contributed by atoms with E-state index in [1.807, 2.05) is 0 Å². The lowest BCUT2D eigenvalue weighted by atomic mass is 10.0. The fraction of sp³-hybridized carbons (Fsp3) is 0.273. The van der Waals surface area contributed by atoms with Crippen LogP contribution in [0.25, 0.3) is 0 Å². The lowest BCUT2D eigenvalue weighted by Gasteiger charge is -2.10. The summed E-state index contributed by atoms with van der Waals surface area (Å²) in [5.74, 6) is -1.56. The van der Waals surface area contributed by atoms with Crippen molar-refractivity contribution >= 4 is 33.4 Å². The van der Waals surface area contributed by atoms with Crippen molar-refractivity contribution in [2.75, 3.05) is 5.73 Å². The number of nitrogens with two attached hydrogens (primary N) is 1. The number of rotatable bonds is 4. The van der Waals surface area contributed by atoms with Gasteiger partial charge in [0.1, 0.15) is 0 Å². The van der Waals surface area contributed by atoms with Gasteiger partial charge in [0.15, 0.2) is 11.9 Å². The Labute approximate surface area is 106 Å². The third-order valence-corrected chi connectivity index (χ3v) is 2.67. The van der Waals surface area contributed by atoms with Gasteiger partial charge in [-0.1, -0.05) is 22.0 Å². The van der Waals surface area contributed by atoms with Crippen LogP contribution >= 0.6 is 15.9 Å². The molecule has 17 heavy (non-hydrogen) atoms. The van der Waals surface area contributed by atoms with Crippen LogP contribution in [0.1, 0.15) is 28.9 Å². The Kier molecular flexibility index (Phi) is 4.25. The Morgan fingerprint density at radius 3 is 2.41 bits per heavy atom. The number of alkyl halides is 1. The number of aliphatic carboxylic acids is 1. The second-order valence-corrected chi connectivity index (χ2v) is 4.94. The maximum Gasteiger partial charge on any atom is 0.337 e. The van der Waals surface area contributed by atoms with Crippen molar-refractivity contribution in [3.8, 4) is 0 Å². The molecule has 0 heterocycles. The zero-order valence-corrected chi connectivity index (χ0v) is 10.6. The molecule has 0 aliphatic carbocycles. The normalized spacial score (nSPS) is 14.1. The smallest absolute Gasteiger partial charge is 0.337 e. The Bertz CT molecular complexity index is 459. The molecule has 0 amide bonds. The number of hydrogen-bond donors (Lipinski definition) is 3. The first kappa shape index (κ1) is 13.7. The van der Waals surface area contributed by atoms with Gasteiger partial charge < -0.3 is 15.9 Å². The number of aliphatic hydroxyl groups excluding tert-OH is 1. The third-order valence-electron chi connectivity index (χ3n) is 2.25. The molecule has 1 aromatic carbocycles. The first-order chi connectivity index (χ1) is 7.84. The summed E-state index contributed by atoms with van der Waals surface area (Å²) in [5, 5.41) is 17.9. The van der Waals surface area contributed by atoms with E-state index in [9.17, 15) is 14.7 Å². The van der Waals surface area contributed by atoms with Gasteiger partial charge in [0.25, 0.3) is 0 Å². The van der Waals surface area contributed by atoms with E-state index in [-0.39, 0.29) is 21.9 Å². The summed E-state index contributed by atoms with van der Waals surface area (Å²) in [7, 11) is 0. The molecule has 0 saturated carbocycles. The number of benzene rings is 1. The fourth-order valence-electron chi connectivity index (χ4n) is 1.33. The van der Waals surface area contributed by atoms with Gasteiger partial charge in [0.05, 0.1) is 4.83 Å². The van der Waals surface area contributed by atoms with Crippen molar-refractivity contribution in [3.63, 3.8) is 0 Å². The van der Waals surface area contributed by atoms with Crippen molar-refractivity contribution in [3.05, 3.63) is 29.3 Å². The van der Waals surface area contributed by atoms with E-state index in [1.165, 1.54) is 18.2 Å². The van der Waals surface area contributed by atoms with E-state index in [0.717, 1.165) is 0 Å². The fourth-order valence-corrected chi connectivity index (χ4v) is 1.58. The van der Waals surface area contributed by atoms with Gasteiger partial charge in [-0.05, 0) is 24.6 Å². The number of ketones is 1. The van der Waals surface area contributed by atoms with E-state index >= 15 is 0 Å². The van der Waals surface area contributed by atoms with Gasteiger partial charge in [-0.15, -0.1) is 0 Å². The SMILES string of the molecule is CC(Br)C(=O)c1ccc(C(O)C(=O)O)cc1N. The number of carbonyl (C=O) groups is 2. The number of halogens is 1. The average molecular weight is 302 g/mol. The molecule has 0 aromatic heterocycles. The summed E-state index contributed by atoms with van der Waals surface area (Å²) in [6.07, 6.45) is -1.64. The number of carbonyl (C=O) groups excluding carboxylic acids is 1. The Balaban J connectivity index is 3.10. The third kappa shape index (κ3) is 3.04. The van der Waals surface area contributed by atoms with Crippen LogP contribution in [0.5, 0.6) is 0 Å². The first-order valence-electron chi connectivity index (χ1n) is 4.83. The van der Waals surface area contributed by atoms with E-state index in [2.05, 4.69) is 15.9 Å². The van der Waals surface area contributed by atoms with Crippen molar-refractivity contribution in [2.45, 2.75) is 17.9 Å². The maximum atomic E-state index is 11.7. The molecule has 2 atom stereocenters. The summed E-state index contributed by atoms with van der Waals surface area (Å²) in [5.41, 5.74) is 6.25. The van der Waals surface area contributed by atoms with E-state index in [1.54, 1.807) is 6.92 Å². The number of hydrogen-bond acceptors (Lipinski definition) is 4. The maximum absolute atomic E-state index is 11.7. The molecule has 1 rings (SSSR count). The predicted molar refractivity (Wildman–Crippen MR) is 66.2 cm³/mol. The van der Waals surface area contributed by atoms with E-state index < -0.39 is 12.1 Å². The molecule has 5 nitrogen and oxygen atoms in total. The summed E-state index contributed by atoms with van der Waals surface area (Å²) >= 11 is 3.13. The van der Waals surface area contributed by atoms with Gasteiger partial charge >= 0.3 is 5.97 Å². The minimum atomic E-state index is -1.64. The average Bonchev–Trinajstić information content (AvgIpc) is 2.26. The topological polar surface area (TPSA) is 101 Å².